The van der Waals surface area contributed by atoms with Gasteiger partial charge in [0.15, 0.2) is 17.6 Å². The van der Waals surface area contributed by atoms with Crippen LogP contribution in [0.2, 0.25) is 0 Å². The number of esters is 1. The van der Waals surface area contributed by atoms with Crippen LogP contribution in [0.4, 0.5) is 0 Å². The first-order valence-electron chi connectivity index (χ1n) is 14.9. The molecule has 0 radical (unpaired) electrons. The fourth-order valence-corrected chi connectivity index (χ4v) is 6.15. The summed E-state index contributed by atoms with van der Waals surface area (Å²) in [5.41, 5.74) is 5.62. The number of aliphatic hydroxyl groups excluding tert-OH is 1. The van der Waals surface area contributed by atoms with E-state index in [0.717, 1.165) is 33.4 Å². The lowest BCUT2D eigenvalue weighted by atomic mass is 9.91. The quantitative estimate of drug-likeness (QED) is 0.121. The lowest BCUT2D eigenvalue weighted by Gasteiger charge is -2.41. The van der Waals surface area contributed by atoms with Gasteiger partial charge in [0.05, 0.1) is 18.8 Å². The van der Waals surface area contributed by atoms with E-state index in [1.54, 1.807) is 37.1 Å². The molecule has 1 saturated heterocycles. The van der Waals surface area contributed by atoms with Crippen molar-refractivity contribution >= 4 is 23.6 Å². The predicted molar refractivity (Wildman–Crippen MR) is 171 cm³/mol. The number of amides is 1. The number of benzene rings is 3. The average molecular weight is 628 g/mol. The molecule has 2 N–H and O–H groups in total. The monoisotopic (exact) mass is 627 g/mol. The van der Waals surface area contributed by atoms with Crippen molar-refractivity contribution in [2.45, 2.75) is 63.7 Å². The van der Waals surface area contributed by atoms with Crippen molar-refractivity contribution in [3.63, 3.8) is 0 Å². The molecule has 9 nitrogen and oxygen atoms in total. The summed E-state index contributed by atoms with van der Waals surface area (Å²) in [6, 6.07) is 25.6. The first-order chi connectivity index (χ1) is 21.8. The SMILES string of the molecule is CC(=O)O[C@@H](C)C(=O)NCc1cccc(-c2cccc([C@@H]3O[C@H](CSc4ncccn4)[C@H](C)[C@H](c4ccc(CO)cc4)O3)c2)c1. The number of aromatic nitrogens is 2. The van der Waals surface area contributed by atoms with Crippen molar-refractivity contribution in [1.29, 1.82) is 0 Å². The summed E-state index contributed by atoms with van der Waals surface area (Å²) in [7, 11) is 0. The number of carbonyl (C=O) groups is 2. The molecule has 1 aromatic heterocycles. The van der Waals surface area contributed by atoms with Crippen molar-refractivity contribution in [2.75, 3.05) is 5.75 Å². The third-order valence-electron chi connectivity index (χ3n) is 7.64. The molecule has 5 rings (SSSR count). The standard InChI is InChI=1S/C35H37N3O6S/c1-22-31(21-45-35-36-15-6-16-37-35)43-34(44-32(22)27-13-11-25(20-39)12-14-27)30-10-5-9-29(18-30)28-8-4-7-26(17-28)19-38-33(41)23(2)42-24(3)40/h4-18,22-23,31-32,34,39H,19-21H2,1-3H3,(H,38,41)/t22-,23-,31+,32+,34+/m0/s1. The van der Waals surface area contributed by atoms with Gasteiger partial charge in [-0.25, -0.2) is 9.97 Å². The molecule has 45 heavy (non-hydrogen) atoms. The van der Waals surface area contributed by atoms with Crippen molar-refractivity contribution in [2.24, 2.45) is 5.92 Å². The largest absolute Gasteiger partial charge is 0.453 e. The molecule has 10 heteroatoms. The molecule has 0 spiro atoms. The minimum atomic E-state index is -0.862. The van der Waals surface area contributed by atoms with E-state index in [0.29, 0.717) is 17.5 Å². The van der Waals surface area contributed by atoms with E-state index < -0.39 is 18.4 Å². The van der Waals surface area contributed by atoms with Crippen molar-refractivity contribution < 1.29 is 28.9 Å². The number of hydrogen-bond acceptors (Lipinski definition) is 9. The van der Waals surface area contributed by atoms with Gasteiger partial charge < -0.3 is 24.6 Å². The van der Waals surface area contributed by atoms with Gasteiger partial charge in [0.1, 0.15) is 0 Å². The average Bonchev–Trinajstić information content (AvgIpc) is 3.07. The molecular formula is C35H37N3O6S. The Bertz CT molecular complexity index is 1590. The maximum absolute atomic E-state index is 12.3. The van der Waals surface area contributed by atoms with E-state index >= 15 is 0 Å². The Morgan fingerprint density at radius 3 is 2.36 bits per heavy atom. The Kier molecular flexibility index (Phi) is 11.0. The van der Waals surface area contributed by atoms with E-state index in [4.69, 9.17) is 14.2 Å². The van der Waals surface area contributed by atoms with Crippen LogP contribution in [0.25, 0.3) is 11.1 Å². The van der Waals surface area contributed by atoms with Crippen LogP contribution in [0, 0.1) is 5.92 Å². The zero-order valence-electron chi connectivity index (χ0n) is 25.5. The summed E-state index contributed by atoms with van der Waals surface area (Å²) in [6.07, 6.45) is 1.61. The highest BCUT2D eigenvalue weighted by molar-refractivity contribution is 7.99. The van der Waals surface area contributed by atoms with Crippen molar-refractivity contribution in [1.82, 2.24) is 15.3 Å². The number of ether oxygens (including phenoxy) is 3. The Hall–Kier alpha value is -4.09. The van der Waals surface area contributed by atoms with Crippen LogP contribution < -0.4 is 5.32 Å². The molecule has 1 aliphatic rings. The van der Waals surface area contributed by atoms with Gasteiger partial charge in [-0.15, -0.1) is 0 Å². The molecule has 0 bridgehead atoms. The third-order valence-corrected chi connectivity index (χ3v) is 8.60. The Morgan fingerprint density at radius 2 is 1.64 bits per heavy atom. The van der Waals surface area contributed by atoms with Gasteiger partial charge in [-0.2, -0.15) is 0 Å². The second-order valence-corrected chi connectivity index (χ2v) is 11.9. The number of nitrogens with one attached hydrogen (secondary N) is 1. The van der Waals surface area contributed by atoms with E-state index in [1.807, 2.05) is 66.7 Å². The van der Waals surface area contributed by atoms with E-state index in [2.05, 4.69) is 28.3 Å². The zero-order valence-corrected chi connectivity index (χ0v) is 26.3. The van der Waals surface area contributed by atoms with Gasteiger partial charge >= 0.3 is 5.97 Å². The predicted octanol–water partition coefficient (Wildman–Crippen LogP) is 5.79. The summed E-state index contributed by atoms with van der Waals surface area (Å²) < 4.78 is 18.2. The van der Waals surface area contributed by atoms with Crippen LogP contribution in [0.15, 0.2) is 96.4 Å². The second-order valence-electron chi connectivity index (χ2n) is 11.0. The normalized spacial score (nSPS) is 20.3. The molecule has 5 atom stereocenters. The highest BCUT2D eigenvalue weighted by Crippen LogP contribution is 2.43. The van der Waals surface area contributed by atoms with Crippen molar-refractivity contribution in [3.8, 4) is 11.1 Å². The van der Waals surface area contributed by atoms with E-state index in [9.17, 15) is 14.7 Å². The molecule has 3 aromatic carbocycles. The minimum Gasteiger partial charge on any atom is -0.453 e. The molecule has 0 unspecified atom stereocenters. The number of nitrogens with zero attached hydrogens (tertiary/aromatic N) is 2. The summed E-state index contributed by atoms with van der Waals surface area (Å²) in [6.45, 7) is 5.23. The lowest BCUT2D eigenvalue weighted by molar-refractivity contribution is -0.268. The molecule has 2 heterocycles. The van der Waals surface area contributed by atoms with E-state index in [-0.39, 0.29) is 30.6 Å². The van der Waals surface area contributed by atoms with Crippen LogP contribution >= 0.6 is 11.8 Å². The summed E-state index contributed by atoms with van der Waals surface area (Å²) >= 11 is 1.55. The number of carbonyl (C=O) groups excluding carboxylic acids is 2. The van der Waals surface area contributed by atoms with Gasteiger partial charge in [-0.1, -0.05) is 79.3 Å². The molecule has 0 aliphatic carbocycles. The molecular weight excluding hydrogens is 590 g/mol. The summed E-state index contributed by atoms with van der Waals surface area (Å²) in [5.74, 6) is -0.164. The van der Waals surface area contributed by atoms with Crippen LogP contribution in [0.3, 0.4) is 0 Å². The highest BCUT2D eigenvalue weighted by Gasteiger charge is 2.38. The van der Waals surface area contributed by atoms with Gasteiger partial charge in [-0.3, -0.25) is 9.59 Å². The smallest absolute Gasteiger partial charge is 0.303 e. The Balaban J connectivity index is 1.35. The van der Waals surface area contributed by atoms with Gasteiger partial charge in [0.2, 0.25) is 0 Å². The van der Waals surface area contributed by atoms with Crippen LogP contribution in [-0.2, 0) is 37.0 Å². The van der Waals surface area contributed by atoms with E-state index in [1.165, 1.54) is 6.92 Å². The second kappa shape index (κ2) is 15.3. The number of thioether (sulfide) groups is 1. The number of hydrogen-bond donors (Lipinski definition) is 2. The molecule has 1 fully saturated rings. The lowest BCUT2D eigenvalue weighted by Crippen LogP contribution is -2.38. The fourth-order valence-electron chi connectivity index (χ4n) is 5.19. The molecule has 1 aliphatic heterocycles. The summed E-state index contributed by atoms with van der Waals surface area (Å²) in [5, 5.41) is 13.1. The third kappa shape index (κ3) is 8.55. The van der Waals surface area contributed by atoms with Gasteiger partial charge in [0, 0.05) is 43.1 Å². The van der Waals surface area contributed by atoms with Crippen LogP contribution in [-0.4, -0.2) is 44.9 Å². The Morgan fingerprint density at radius 1 is 0.933 bits per heavy atom. The molecule has 4 aromatic rings. The van der Waals surface area contributed by atoms with Gasteiger partial charge in [0.25, 0.3) is 5.91 Å². The number of aliphatic hydroxyl groups is 1. The van der Waals surface area contributed by atoms with Crippen LogP contribution in [0.5, 0.6) is 0 Å². The first kappa shape index (κ1) is 32.3. The van der Waals surface area contributed by atoms with Crippen LogP contribution in [0.1, 0.15) is 55.4 Å². The molecule has 0 saturated carbocycles. The summed E-state index contributed by atoms with van der Waals surface area (Å²) in [4.78, 5) is 32.2. The first-order valence-corrected chi connectivity index (χ1v) is 15.8. The van der Waals surface area contributed by atoms with Crippen molar-refractivity contribution in [3.05, 3.63) is 114 Å². The highest BCUT2D eigenvalue weighted by atomic mass is 32.2. The zero-order chi connectivity index (χ0) is 31.8. The number of rotatable bonds is 11. The maximum atomic E-state index is 12.3. The topological polar surface area (TPSA) is 120 Å². The van der Waals surface area contributed by atoms with Gasteiger partial charge in [-0.05, 0) is 52.9 Å². The molecule has 234 valence electrons. The maximum Gasteiger partial charge on any atom is 0.303 e. The Labute approximate surface area is 267 Å². The minimum absolute atomic E-state index is 0.0167. The fraction of sp³-hybridized carbons (Fsp3) is 0.314. The molecule has 1 amide bonds.